The second-order valence-corrected chi connectivity index (χ2v) is 6.41. The largest absolute Gasteiger partial charge is 0.376 e. The third-order valence-electron chi connectivity index (χ3n) is 3.59. The van der Waals surface area contributed by atoms with Crippen molar-refractivity contribution in [1.29, 1.82) is 0 Å². The molecular formula is C19H16Cl2N4O. The monoisotopic (exact) mass is 386 g/mol. The van der Waals surface area contributed by atoms with E-state index in [4.69, 9.17) is 23.2 Å². The quantitative estimate of drug-likeness (QED) is 0.660. The van der Waals surface area contributed by atoms with Gasteiger partial charge in [-0.25, -0.2) is 9.97 Å². The van der Waals surface area contributed by atoms with E-state index in [1.165, 1.54) is 0 Å². The lowest BCUT2D eigenvalue weighted by molar-refractivity contribution is -0.114. The summed E-state index contributed by atoms with van der Waals surface area (Å²) in [6, 6.07) is 14.5. The Hall–Kier alpha value is -2.63. The predicted octanol–water partition coefficient (Wildman–Crippen LogP) is 4.81. The van der Waals surface area contributed by atoms with Gasteiger partial charge < -0.3 is 10.6 Å². The van der Waals surface area contributed by atoms with Crippen LogP contribution >= 0.6 is 23.2 Å². The molecule has 2 N–H and O–H groups in total. The molecule has 1 aromatic heterocycles. The molecule has 0 saturated carbocycles. The predicted molar refractivity (Wildman–Crippen MR) is 106 cm³/mol. The van der Waals surface area contributed by atoms with Crippen molar-refractivity contribution in [3.63, 3.8) is 0 Å². The van der Waals surface area contributed by atoms with Crippen LogP contribution in [0.15, 0.2) is 54.7 Å². The van der Waals surface area contributed by atoms with Crippen molar-refractivity contribution in [3.8, 4) is 11.3 Å². The van der Waals surface area contributed by atoms with Gasteiger partial charge in [-0.05, 0) is 43.3 Å². The van der Waals surface area contributed by atoms with Crippen LogP contribution in [0.4, 0.5) is 11.4 Å². The molecule has 3 rings (SSSR count). The molecule has 0 fully saturated rings. The van der Waals surface area contributed by atoms with E-state index < -0.39 is 0 Å². The van der Waals surface area contributed by atoms with E-state index in [2.05, 4.69) is 20.6 Å². The zero-order valence-electron chi connectivity index (χ0n) is 14.0. The normalized spacial score (nSPS) is 10.4. The second-order valence-electron chi connectivity index (χ2n) is 5.60. The van der Waals surface area contributed by atoms with Crippen molar-refractivity contribution in [1.82, 2.24) is 9.97 Å². The molecule has 3 aromatic rings. The summed E-state index contributed by atoms with van der Waals surface area (Å²) in [4.78, 5) is 20.6. The number of hydrogen-bond donors (Lipinski definition) is 2. The topological polar surface area (TPSA) is 66.9 Å². The highest BCUT2D eigenvalue weighted by atomic mass is 35.5. The van der Waals surface area contributed by atoms with Gasteiger partial charge in [-0.15, -0.1) is 0 Å². The van der Waals surface area contributed by atoms with Crippen molar-refractivity contribution in [3.05, 3.63) is 70.6 Å². The molecule has 1 amide bonds. The zero-order chi connectivity index (χ0) is 18.5. The van der Waals surface area contributed by atoms with Gasteiger partial charge in [0.2, 0.25) is 5.91 Å². The first kappa shape index (κ1) is 18.2. The Labute approximate surface area is 161 Å². The highest BCUT2D eigenvalue weighted by Crippen LogP contribution is 2.25. The van der Waals surface area contributed by atoms with Crippen LogP contribution in [-0.4, -0.2) is 22.4 Å². The Morgan fingerprint density at radius 3 is 2.65 bits per heavy atom. The van der Waals surface area contributed by atoms with E-state index in [-0.39, 0.29) is 12.5 Å². The van der Waals surface area contributed by atoms with Crippen LogP contribution in [0.5, 0.6) is 0 Å². The highest BCUT2D eigenvalue weighted by Gasteiger charge is 2.06. The zero-order valence-corrected chi connectivity index (χ0v) is 15.5. The molecule has 5 nitrogen and oxygen atoms in total. The van der Waals surface area contributed by atoms with E-state index in [0.29, 0.717) is 21.6 Å². The van der Waals surface area contributed by atoms with Crippen molar-refractivity contribution in [2.75, 3.05) is 17.2 Å². The van der Waals surface area contributed by atoms with E-state index in [1.54, 1.807) is 24.4 Å². The molecule has 7 heteroatoms. The summed E-state index contributed by atoms with van der Waals surface area (Å²) in [6.07, 6.45) is 1.72. The lowest BCUT2D eigenvalue weighted by Gasteiger charge is -2.10. The maximum absolute atomic E-state index is 12.1. The first-order chi connectivity index (χ1) is 12.5. The van der Waals surface area contributed by atoms with Gasteiger partial charge >= 0.3 is 0 Å². The van der Waals surface area contributed by atoms with Crippen LogP contribution in [0, 0.1) is 6.92 Å². The summed E-state index contributed by atoms with van der Waals surface area (Å²) in [5, 5.41) is 6.71. The van der Waals surface area contributed by atoms with Crippen molar-refractivity contribution >= 4 is 40.5 Å². The summed E-state index contributed by atoms with van der Waals surface area (Å²) >= 11 is 11.8. The molecule has 26 heavy (non-hydrogen) atoms. The molecule has 0 aliphatic rings. The fourth-order valence-electron chi connectivity index (χ4n) is 2.37. The molecule has 0 saturated heterocycles. The van der Waals surface area contributed by atoms with Crippen LogP contribution < -0.4 is 10.6 Å². The first-order valence-corrected chi connectivity index (χ1v) is 8.66. The number of anilines is 2. The molecule has 0 atom stereocenters. The molecule has 0 spiro atoms. The van der Waals surface area contributed by atoms with Crippen LogP contribution in [-0.2, 0) is 4.79 Å². The summed E-state index contributed by atoms with van der Waals surface area (Å²) in [5.74, 6) is 0.522. The van der Waals surface area contributed by atoms with Gasteiger partial charge in [0.05, 0.1) is 22.3 Å². The SMILES string of the molecule is Cc1nccc(-c2cccc(NCC(=O)Nc3ccc(Cl)c(Cl)c3)c2)n1. The number of rotatable bonds is 5. The Kier molecular flexibility index (Phi) is 5.71. The number of aromatic nitrogens is 2. The van der Waals surface area contributed by atoms with Crippen LogP contribution in [0.2, 0.25) is 10.0 Å². The third-order valence-corrected chi connectivity index (χ3v) is 4.33. The maximum Gasteiger partial charge on any atom is 0.243 e. The maximum atomic E-state index is 12.1. The lowest BCUT2D eigenvalue weighted by Crippen LogP contribution is -2.21. The number of nitrogens with one attached hydrogen (secondary N) is 2. The van der Waals surface area contributed by atoms with E-state index in [1.807, 2.05) is 37.3 Å². The number of halogens is 2. The fraction of sp³-hybridized carbons (Fsp3) is 0.105. The number of benzene rings is 2. The van der Waals surface area contributed by atoms with Gasteiger partial charge in [-0.2, -0.15) is 0 Å². The van der Waals surface area contributed by atoms with Crippen molar-refractivity contribution < 1.29 is 4.79 Å². The Morgan fingerprint density at radius 2 is 1.88 bits per heavy atom. The van der Waals surface area contributed by atoms with Crippen molar-refractivity contribution in [2.45, 2.75) is 6.92 Å². The summed E-state index contributed by atoms with van der Waals surface area (Å²) in [7, 11) is 0. The molecule has 0 aliphatic carbocycles. The number of amides is 1. The third kappa shape index (κ3) is 4.71. The van der Waals surface area contributed by atoms with Crippen molar-refractivity contribution in [2.24, 2.45) is 0 Å². The van der Waals surface area contributed by atoms with Crippen LogP contribution in [0.25, 0.3) is 11.3 Å². The fourth-order valence-corrected chi connectivity index (χ4v) is 2.66. The smallest absolute Gasteiger partial charge is 0.243 e. The Balaban J connectivity index is 1.63. The molecule has 0 unspecified atom stereocenters. The van der Waals surface area contributed by atoms with Crippen LogP contribution in [0.3, 0.4) is 0 Å². The number of hydrogen-bond acceptors (Lipinski definition) is 4. The summed E-state index contributed by atoms with van der Waals surface area (Å²) in [5.41, 5.74) is 3.20. The van der Waals surface area contributed by atoms with Gasteiger partial charge in [0.1, 0.15) is 5.82 Å². The molecule has 1 heterocycles. The highest BCUT2D eigenvalue weighted by molar-refractivity contribution is 6.42. The molecular weight excluding hydrogens is 371 g/mol. The molecule has 0 radical (unpaired) electrons. The number of aryl methyl sites for hydroxylation is 1. The van der Waals surface area contributed by atoms with Gasteiger partial charge in [0.15, 0.2) is 0 Å². The molecule has 2 aromatic carbocycles. The Bertz CT molecular complexity index is 946. The average Bonchev–Trinajstić information content (AvgIpc) is 2.63. The summed E-state index contributed by atoms with van der Waals surface area (Å²) in [6.45, 7) is 1.96. The molecule has 132 valence electrons. The van der Waals surface area contributed by atoms with Gasteiger partial charge in [-0.1, -0.05) is 35.3 Å². The average molecular weight is 387 g/mol. The second kappa shape index (κ2) is 8.17. The molecule has 0 bridgehead atoms. The minimum Gasteiger partial charge on any atom is -0.376 e. The van der Waals surface area contributed by atoms with Crippen LogP contribution in [0.1, 0.15) is 5.82 Å². The number of carbonyl (C=O) groups is 1. The van der Waals surface area contributed by atoms with E-state index in [0.717, 1.165) is 16.9 Å². The molecule has 0 aliphatic heterocycles. The van der Waals surface area contributed by atoms with Gasteiger partial charge in [0.25, 0.3) is 0 Å². The minimum absolute atomic E-state index is 0.118. The summed E-state index contributed by atoms with van der Waals surface area (Å²) < 4.78 is 0. The number of nitrogens with zero attached hydrogens (tertiary/aromatic N) is 2. The standard InChI is InChI=1S/C19H16Cl2N4O/c1-12-22-8-7-18(24-12)13-3-2-4-14(9-13)23-11-19(26)25-15-5-6-16(20)17(21)10-15/h2-10,23H,11H2,1H3,(H,25,26). The number of carbonyl (C=O) groups excluding carboxylic acids is 1. The van der Waals surface area contributed by atoms with Gasteiger partial charge in [0, 0.05) is 23.1 Å². The first-order valence-electron chi connectivity index (χ1n) is 7.90. The van der Waals surface area contributed by atoms with E-state index >= 15 is 0 Å². The van der Waals surface area contributed by atoms with Gasteiger partial charge in [-0.3, -0.25) is 4.79 Å². The Morgan fingerprint density at radius 1 is 1.04 bits per heavy atom. The lowest BCUT2D eigenvalue weighted by atomic mass is 10.1. The minimum atomic E-state index is -0.188. The van der Waals surface area contributed by atoms with E-state index in [9.17, 15) is 4.79 Å².